The van der Waals surface area contributed by atoms with Gasteiger partial charge < -0.3 is 4.74 Å². The lowest BCUT2D eigenvalue weighted by atomic mass is 10.1. The van der Waals surface area contributed by atoms with Gasteiger partial charge in [0.25, 0.3) is 0 Å². The molecule has 0 aliphatic carbocycles. The molecule has 0 saturated heterocycles. The van der Waals surface area contributed by atoms with E-state index in [4.69, 9.17) is 4.74 Å². The van der Waals surface area contributed by atoms with Crippen LogP contribution in [0.15, 0.2) is 22.8 Å². The molecule has 0 radical (unpaired) electrons. The van der Waals surface area contributed by atoms with Gasteiger partial charge in [-0.2, -0.15) is 0 Å². The summed E-state index contributed by atoms with van der Waals surface area (Å²) in [5.74, 6) is 1.31. The van der Waals surface area contributed by atoms with Crippen LogP contribution in [-0.4, -0.2) is 11.6 Å². The number of rotatable bonds is 5. The Morgan fingerprint density at radius 3 is 2.86 bits per heavy atom. The van der Waals surface area contributed by atoms with Crippen LogP contribution in [0.1, 0.15) is 26.7 Å². The number of hydrogen-bond acceptors (Lipinski definition) is 2. The van der Waals surface area contributed by atoms with Crippen LogP contribution >= 0.6 is 15.9 Å². The third-order valence-electron chi connectivity index (χ3n) is 2.00. The van der Waals surface area contributed by atoms with Crippen LogP contribution < -0.4 is 4.74 Å². The lowest BCUT2D eigenvalue weighted by molar-refractivity contribution is 0.243. The highest BCUT2D eigenvalue weighted by Gasteiger charge is 2.02. The highest BCUT2D eigenvalue weighted by atomic mass is 79.9. The SMILES string of the molecule is CCCC(C)COc1ccc(Br)cn1. The number of nitrogens with zero attached hydrogens (tertiary/aromatic N) is 1. The number of aromatic nitrogens is 1. The van der Waals surface area contributed by atoms with Crippen LogP contribution in [0.25, 0.3) is 0 Å². The van der Waals surface area contributed by atoms with Gasteiger partial charge in [0, 0.05) is 16.7 Å². The molecule has 1 unspecified atom stereocenters. The molecule has 0 bridgehead atoms. The highest BCUT2D eigenvalue weighted by Crippen LogP contribution is 2.14. The summed E-state index contributed by atoms with van der Waals surface area (Å²) in [5, 5.41) is 0. The minimum Gasteiger partial charge on any atom is -0.477 e. The molecule has 1 atom stereocenters. The van der Waals surface area contributed by atoms with E-state index in [1.807, 2.05) is 12.1 Å². The molecular weight excluding hydrogens is 242 g/mol. The summed E-state index contributed by atoms with van der Waals surface area (Å²) in [6.07, 6.45) is 4.16. The Labute approximate surface area is 93.8 Å². The quantitative estimate of drug-likeness (QED) is 0.804. The Bertz CT molecular complexity index is 260. The van der Waals surface area contributed by atoms with E-state index in [1.165, 1.54) is 12.8 Å². The molecule has 1 heterocycles. The van der Waals surface area contributed by atoms with Crippen molar-refractivity contribution in [2.45, 2.75) is 26.7 Å². The maximum Gasteiger partial charge on any atom is 0.213 e. The molecule has 0 aliphatic rings. The van der Waals surface area contributed by atoms with Gasteiger partial charge in [-0.25, -0.2) is 4.98 Å². The lowest BCUT2D eigenvalue weighted by Gasteiger charge is -2.10. The first-order valence-electron chi connectivity index (χ1n) is 4.96. The van der Waals surface area contributed by atoms with E-state index in [0.29, 0.717) is 11.8 Å². The largest absolute Gasteiger partial charge is 0.477 e. The first-order valence-corrected chi connectivity index (χ1v) is 5.76. The first-order chi connectivity index (χ1) is 6.72. The van der Waals surface area contributed by atoms with Gasteiger partial charge in [0.2, 0.25) is 5.88 Å². The minimum atomic E-state index is 0.602. The molecule has 0 fully saturated rings. The summed E-state index contributed by atoms with van der Waals surface area (Å²) in [6.45, 7) is 5.14. The zero-order chi connectivity index (χ0) is 10.4. The van der Waals surface area contributed by atoms with E-state index in [9.17, 15) is 0 Å². The summed E-state index contributed by atoms with van der Waals surface area (Å²) < 4.78 is 6.52. The second kappa shape index (κ2) is 6.02. The van der Waals surface area contributed by atoms with Crippen LogP contribution in [-0.2, 0) is 0 Å². The standard InChI is InChI=1S/C11H16BrNO/c1-3-4-9(2)8-14-11-6-5-10(12)7-13-11/h5-7,9H,3-4,8H2,1-2H3. The van der Waals surface area contributed by atoms with Crippen molar-refractivity contribution in [1.82, 2.24) is 4.98 Å². The Hall–Kier alpha value is -0.570. The number of halogens is 1. The Morgan fingerprint density at radius 1 is 1.50 bits per heavy atom. The molecule has 1 aromatic rings. The van der Waals surface area contributed by atoms with Gasteiger partial charge in [-0.3, -0.25) is 0 Å². The topological polar surface area (TPSA) is 22.1 Å². The van der Waals surface area contributed by atoms with Gasteiger partial charge in [-0.05, 0) is 34.3 Å². The Balaban J connectivity index is 2.34. The fourth-order valence-corrected chi connectivity index (χ4v) is 1.49. The van der Waals surface area contributed by atoms with Crippen molar-refractivity contribution < 1.29 is 4.74 Å². The van der Waals surface area contributed by atoms with Crippen molar-refractivity contribution in [3.63, 3.8) is 0 Å². The molecule has 0 saturated carbocycles. The summed E-state index contributed by atoms with van der Waals surface area (Å²) in [4.78, 5) is 4.14. The van der Waals surface area contributed by atoms with E-state index in [1.54, 1.807) is 6.20 Å². The van der Waals surface area contributed by atoms with Crippen LogP contribution in [0.4, 0.5) is 0 Å². The van der Waals surface area contributed by atoms with E-state index in [-0.39, 0.29) is 0 Å². The van der Waals surface area contributed by atoms with Crippen molar-refractivity contribution in [1.29, 1.82) is 0 Å². The molecule has 1 aromatic heterocycles. The third-order valence-corrected chi connectivity index (χ3v) is 2.47. The number of hydrogen-bond donors (Lipinski definition) is 0. The molecule has 0 amide bonds. The molecular formula is C11H16BrNO. The summed E-state index contributed by atoms with van der Waals surface area (Å²) in [7, 11) is 0. The average Bonchev–Trinajstić information content (AvgIpc) is 2.17. The highest BCUT2D eigenvalue weighted by molar-refractivity contribution is 9.10. The normalized spacial score (nSPS) is 12.5. The van der Waals surface area contributed by atoms with Gasteiger partial charge in [0.1, 0.15) is 0 Å². The van der Waals surface area contributed by atoms with Crippen molar-refractivity contribution in [2.75, 3.05) is 6.61 Å². The van der Waals surface area contributed by atoms with Crippen molar-refractivity contribution in [3.8, 4) is 5.88 Å². The molecule has 0 aromatic carbocycles. The Morgan fingerprint density at radius 2 is 2.29 bits per heavy atom. The van der Waals surface area contributed by atoms with E-state index in [2.05, 4.69) is 34.8 Å². The van der Waals surface area contributed by atoms with Crippen molar-refractivity contribution in [2.24, 2.45) is 5.92 Å². The lowest BCUT2D eigenvalue weighted by Crippen LogP contribution is -2.08. The van der Waals surface area contributed by atoms with Crippen molar-refractivity contribution in [3.05, 3.63) is 22.8 Å². The van der Waals surface area contributed by atoms with Gasteiger partial charge >= 0.3 is 0 Å². The van der Waals surface area contributed by atoms with Crippen LogP contribution in [0.2, 0.25) is 0 Å². The summed E-state index contributed by atoms with van der Waals surface area (Å²) >= 11 is 3.33. The van der Waals surface area contributed by atoms with Crippen LogP contribution in [0.5, 0.6) is 5.88 Å². The molecule has 2 nitrogen and oxygen atoms in total. The predicted octanol–water partition coefficient (Wildman–Crippen LogP) is 3.66. The van der Waals surface area contributed by atoms with Gasteiger partial charge in [-0.15, -0.1) is 0 Å². The second-order valence-corrected chi connectivity index (χ2v) is 4.44. The van der Waals surface area contributed by atoms with Crippen LogP contribution in [0.3, 0.4) is 0 Å². The van der Waals surface area contributed by atoms with E-state index in [0.717, 1.165) is 11.1 Å². The maximum absolute atomic E-state index is 5.54. The molecule has 3 heteroatoms. The smallest absolute Gasteiger partial charge is 0.213 e. The van der Waals surface area contributed by atoms with Gasteiger partial charge in [0.15, 0.2) is 0 Å². The van der Waals surface area contributed by atoms with Gasteiger partial charge in [-0.1, -0.05) is 20.3 Å². The number of ether oxygens (including phenoxy) is 1. The zero-order valence-corrected chi connectivity index (χ0v) is 10.3. The molecule has 1 rings (SSSR count). The fraction of sp³-hybridized carbons (Fsp3) is 0.545. The Kier molecular flexibility index (Phi) is 4.94. The van der Waals surface area contributed by atoms with E-state index < -0.39 is 0 Å². The maximum atomic E-state index is 5.54. The van der Waals surface area contributed by atoms with Gasteiger partial charge in [0.05, 0.1) is 6.61 Å². The molecule has 78 valence electrons. The fourth-order valence-electron chi connectivity index (χ4n) is 1.25. The third kappa shape index (κ3) is 4.09. The first kappa shape index (κ1) is 11.5. The molecule has 0 N–H and O–H groups in total. The van der Waals surface area contributed by atoms with Crippen molar-refractivity contribution >= 4 is 15.9 Å². The second-order valence-electron chi connectivity index (χ2n) is 3.52. The molecule has 0 spiro atoms. The summed E-state index contributed by atoms with van der Waals surface area (Å²) in [5.41, 5.74) is 0. The van der Waals surface area contributed by atoms with E-state index >= 15 is 0 Å². The zero-order valence-electron chi connectivity index (χ0n) is 8.66. The molecule has 14 heavy (non-hydrogen) atoms. The summed E-state index contributed by atoms with van der Waals surface area (Å²) in [6, 6.07) is 3.82. The number of pyridine rings is 1. The average molecular weight is 258 g/mol. The predicted molar refractivity (Wildman–Crippen MR) is 61.5 cm³/mol. The van der Waals surface area contributed by atoms with Crippen LogP contribution in [0, 0.1) is 5.92 Å². The molecule has 0 aliphatic heterocycles. The minimum absolute atomic E-state index is 0.602. The monoisotopic (exact) mass is 257 g/mol.